The Morgan fingerprint density at radius 2 is 1.73 bits per heavy atom. The van der Waals surface area contributed by atoms with Gasteiger partial charge in [0.1, 0.15) is 6.54 Å². The van der Waals surface area contributed by atoms with E-state index in [1.54, 1.807) is 7.05 Å². The van der Waals surface area contributed by atoms with E-state index in [1.165, 1.54) is 4.90 Å². The molecule has 2 aliphatic rings. The number of hydrogen-bond donors (Lipinski definition) is 1. The van der Waals surface area contributed by atoms with Gasteiger partial charge in [0.2, 0.25) is 5.91 Å². The van der Waals surface area contributed by atoms with Crippen LogP contribution in [0.3, 0.4) is 0 Å². The summed E-state index contributed by atoms with van der Waals surface area (Å²) in [6, 6.07) is 0. The third-order valence-electron chi connectivity index (χ3n) is 3.29. The molecule has 0 bridgehead atoms. The van der Waals surface area contributed by atoms with Crippen LogP contribution in [-0.4, -0.2) is 35.5 Å². The lowest BCUT2D eigenvalue weighted by atomic mass is 9.96. The molecule has 15 heavy (non-hydrogen) atoms. The molecular formula is C11H17NO3. The lowest BCUT2D eigenvalue weighted by molar-refractivity contribution is -0.145. The molecule has 0 heterocycles. The highest BCUT2D eigenvalue weighted by Crippen LogP contribution is 2.49. The first-order valence-corrected chi connectivity index (χ1v) is 5.56. The second-order valence-corrected chi connectivity index (χ2v) is 4.79. The van der Waals surface area contributed by atoms with Gasteiger partial charge in [-0.15, -0.1) is 0 Å². The van der Waals surface area contributed by atoms with Crippen LogP contribution >= 0.6 is 0 Å². The summed E-state index contributed by atoms with van der Waals surface area (Å²) in [6.45, 7) is -0.172. The molecule has 0 spiro atoms. The summed E-state index contributed by atoms with van der Waals surface area (Å²) >= 11 is 0. The van der Waals surface area contributed by atoms with Gasteiger partial charge in [-0.3, -0.25) is 9.59 Å². The normalized spacial score (nSPS) is 20.4. The maximum atomic E-state index is 12.0. The first-order valence-electron chi connectivity index (χ1n) is 5.56. The maximum Gasteiger partial charge on any atom is 0.323 e. The Morgan fingerprint density at radius 3 is 2.07 bits per heavy atom. The average molecular weight is 211 g/mol. The summed E-state index contributed by atoms with van der Waals surface area (Å²) in [6.07, 6.45) is 4.59. The molecule has 0 atom stereocenters. The molecule has 2 aliphatic carbocycles. The Bertz CT molecular complexity index is 270. The van der Waals surface area contributed by atoms with E-state index in [2.05, 4.69) is 0 Å². The first-order chi connectivity index (χ1) is 7.09. The molecule has 0 saturated heterocycles. The van der Waals surface area contributed by atoms with Crippen molar-refractivity contribution in [1.29, 1.82) is 0 Å². The fourth-order valence-corrected chi connectivity index (χ4v) is 2.23. The van der Waals surface area contributed by atoms with Crippen LogP contribution in [0.2, 0.25) is 0 Å². The van der Waals surface area contributed by atoms with E-state index in [0.717, 1.165) is 25.7 Å². The van der Waals surface area contributed by atoms with Crippen LogP contribution < -0.4 is 0 Å². The predicted octanol–water partition coefficient (Wildman–Crippen LogP) is 0.966. The topological polar surface area (TPSA) is 57.6 Å². The number of aliphatic carboxylic acids is 1. The zero-order valence-electron chi connectivity index (χ0n) is 8.98. The number of carboxylic acids is 1. The number of carbonyl (C=O) groups excluding carboxylic acids is 1. The van der Waals surface area contributed by atoms with E-state index < -0.39 is 5.97 Å². The first kappa shape index (κ1) is 10.5. The van der Waals surface area contributed by atoms with Gasteiger partial charge >= 0.3 is 5.97 Å². The van der Waals surface area contributed by atoms with Gasteiger partial charge in [-0.2, -0.15) is 0 Å². The Hall–Kier alpha value is -1.06. The van der Waals surface area contributed by atoms with Crippen LogP contribution in [-0.2, 0) is 9.59 Å². The van der Waals surface area contributed by atoms with Gasteiger partial charge in [0.05, 0.1) is 0 Å². The highest BCUT2D eigenvalue weighted by molar-refractivity contribution is 5.83. The number of hydrogen-bond acceptors (Lipinski definition) is 2. The van der Waals surface area contributed by atoms with Gasteiger partial charge in [0, 0.05) is 13.0 Å². The Kier molecular flexibility index (Phi) is 2.67. The summed E-state index contributed by atoms with van der Waals surface area (Å²) in [5, 5.41) is 8.63. The second kappa shape index (κ2) is 3.83. The summed E-state index contributed by atoms with van der Waals surface area (Å²) < 4.78 is 0. The minimum atomic E-state index is -0.934. The molecule has 0 radical (unpaired) electrons. The molecule has 0 aromatic rings. The van der Waals surface area contributed by atoms with Gasteiger partial charge in [-0.25, -0.2) is 0 Å². The van der Waals surface area contributed by atoms with Gasteiger partial charge in [-0.05, 0) is 37.5 Å². The number of rotatable bonds is 5. The van der Waals surface area contributed by atoms with Crippen molar-refractivity contribution in [2.75, 3.05) is 13.6 Å². The summed E-state index contributed by atoms with van der Waals surface area (Å²) in [4.78, 5) is 23.9. The lowest BCUT2D eigenvalue weighted by Gasteiger charge is -2.22. The fraction of sp³-hybridized carbons (Fsp3) is 0.818. The zero-order valence-corrected chi connectivity index (χ0v) is 8.98. The van der Waals surface area contributed by atoms with Crippen LogP contribution in [0.4, 0.5) is 0 Å². The van der Waals surface area contributed by atoms with E-state index >= 15 is 0 Å². The summed E-state index contributed by atoms with van der Waals surface area (Å²) in [5.41, 5.74) is 0. The van der Waals surface area contributed by atoms with Crippen molar-refractivity contribution in [3.05, 3.63) is 0 Å². The number of likely N-dealkylation sites (N-methyl/N-ethyl adjacent to an activating group) is 1. The molecule has 0 aromatic carbocycles. The van der Waals surface area contributed by atoms with E-state index in [0.29, 0.717) is 11.8 Å². The van der Waals surface area contributed by atoms with Gasteiger partial charge in [0.25, 0.3) is 0 Å². The molecule has 2 rings (SSSR count). The van der Waals surface area contributed by atoms with Crippen molar-refractivity contribution < 1.29 is 14.7 Å². The van der Waals surface area contributed by atoms with Crippen molar-refractivity contribution >= 4 is 11.9 Å². The molecule has 1 N–H and O–H groups in total. The number of amides is 1. The van der Waals surface area contributed by atoms with Crippen molar-refractivity contribution in [3.63, 3.8) is 0 Å². The standard InChI is InChI=1S/C11H17NO3/c1-12(6-9(13)14)11(15)10(7-2-3-7)8-4-5-8/h7-8,10H,2-6H2,1H3,(H,13,14). The van der Waals surface area contributed by atoms with Crippen molar-refractivity contribution in [3.8, 4) is 0 Å². The summed E-state index contributed by atoms with van der Waals surface area (Å²) in [5.74, 6) is 0.315. The SMILES string of the molecule is CN(CC(=O)O)C(=O)C(C1CC1)C1CC1. The van der Waals surface area contributed by atoms with Crippen molar-refractivity contribution in [2.24, 2.45) is 17.8 Å². The average Bonchev–Trinajstić information content (AvgIpc) is 2.97. The molecule has 0 unspecified atom stereocenters. The molecule has 84 valence electrons. The maximum absolute atomic E-state index is 12.0. The molecule has 0 aliphatic heterocycles. The van der Waals surface area contributed by atoms with E-state index in [9.17, 15) is 9.59 Å². The second-order valence-electron chi connectivity index (χ2n) is 4.79. The van der Waals surface area contributed by atoms with Crippen LogP contribution in [0.5, 0.6) is 0 Å². The third-order valence-corrected chi connectivity index (χ3v) is 3.29. The number of carbonyl (C=O) groups is 2. The lowest BCUT2D eigenvalue weighted by Crippen LogP contribution is -2.38. The third kappa shape index (κ3) is 2.49. The fourth-order valence-electron chi connectivity index (χ4n) is 2.23. The van der Waals surface area contributed by atoms with Gasteiger partial charge < -0.3 is 10.0 Å². The summed E-state index contributed by atoms with van der Waals surface area (Å²) in [7, 11) is 1.59. The monoisotopic (exact) mass is 211 g/mol. The number of nitrogens with zero attached hydrogens (tertiary/aromatic N) is 1. The van der Waals surface area contributed by atoms with Gasteiger partial charge in [0.15, 0.2) is 0 Å². The van der Waals surface area contributed by atoms with Gasteiger partial charge in [-0.1, -0.05) is 0 Å². The molecule has 2 saturated carbocycles. The molecule has 4 heteroatoms. The smallest absolute Gasteiger partial charge is 0.323 e. The van der Waals surface area contributed by atoms with Crippen molar-refractivity contribution in [1.82, 2.24) is 4.90 Å². The number of carboxylic acid groups (broad SMARTS) is 1. The van der Waals surface area contributed by atoms with Crippen LogP contribution in [0.25, 0.3) is 0 Å². The Labute approximate surface area is 89.3 Å². The molecule has 4 nitrogen and oxygen atoms in total. The Morgan fingerprint density at radius 1 is 1.27 bits per heavy atom. The molecule has 2 fully saturated rings. The highest BCUT2D eigenvalue weighted by atomic mass is 16.4. The van der Waals surface area contributed by atoms with E-state index in [1.807, 2.05) is 0 Å². The van der Waals surface area contributed by atoms with Crippen LogP contribution in [0.1, 0.15) is 25.7 Å². The van der Waals surface area contributed by atoms with E-state index in [4.69, 9.17) is 5.11 Å². The van der Waals surface area contributed by atoms with Crippen molar-refractivity contribution in [2.45, 2.75) is 25.7 Å². The van der Waals surface area contributed by atoms with Crippen LogP contribution in [0.15, 0.2) is 0 Å². The molecule has 1 amide bonds. The quantitative estimate of drug-likeness (QED) is 0.737. The largest absolute Gasteiger partial charge is 0.480 e. The highest BCUT2D eigenvalue weighted by Gasteiger charge is 2.46. The predicted molar refractivity (Wildman–Crippen MR) is 54.2 cm³/mol. The molecular weight excluding hydrogens is 194 g/mol. The molecule has 0 aromatic heterocycles. The minimum Gasteiger partial charge on any atom is -0.480 e. The Balaban J connectivity index is 1.94. The van der Waals surface area contributed by atoms with E-state index in [-0.39, 0.29) is 18.4 Å². The minimum absolute atomic E-state index is 0.0439. The van der Waals surface area contributed by atoms with Crippen LogP contribution in [0, 0.1) is 17.8 Å². The zero-order chi connectivity index (χ0) is 11.0.